The number of benzene rings is 2. The van der Waals surface area contributed by atoms with E-state index in [0.717, 1.165) is 0 Å². The first-order chi connectivity index (χ1) is 11.3. The van der Waals surface area contributed by atoms with Gasteiger partial charge in [0, 0.05) is 0 Å². The van der Waals surface area contributed by atoms with Gasteiger partial charge in [0.25, 0.3) is 0 Å². The van der Waals surface area contributed by atoms with Gasteiger partial charge in [0.05, 0.1) is 0 Å². The minimum atomic E-state index is -0.907. The van der Waals surface area contributed by atoms with Crippen molar-refractivity contribution in [2.45, 2.75) is 47.6 Å². The third kappa shape index (κ3) is 14.7. The van der Waals surface area contributed by atoms with Gasteiger partial charge < -0.3 is 5.73 Å². The zero-order chi connectivity index (χ0) is 19.0. The van der Waals surface area contributed by atoms with Gasteiger partial charge in [0.1, 0.15) is 6.04 Å². The van der Waals surface area contributed by atoms with Crippen molar-refractivity contribution in [2.24, 2.45) is 5.73 Å². The molecule has 0 aromatic heterocycles. The molecule has 0 saturated carbocycles. The van der Waals surface area contributed by atoms with E-state index in [4.69, 9.17) is 5.73 Å². The molecule has 0 saturated heterocycles. The molecule has 0 bridgehead atoms. The molecular weight excluding hydrogens is 298 g/mol. The van der Waals surface area contributed by atoms with Crippen LogP contribution < -0.4 is 5.73 Å². The quantitative estimate of drug-likeness (QED) is 0.825. The number of carbonyl (C=O) groups excluding carboxylic acids is 2. The lowest BCUT2D eigenvalue weighted by atomic mass is 10.1. The fourth-order valence-electron chi connectivity index (χ4n) is 1.36. The summed E-state index contributed by atoms with van der Waals surface area (Å²) in [4.78, 5) is 20.5. The molecular formula is C21H31NO2. The summed E-state index contributed by atoms with van der Waals surface area (Å²) in [6.45, 7) is 10.8. The Labute approximate surface area is 146 Å². The number of aryl methyl sites for hydroxylation is 2. The molecule has 0 aliphatic rings. The van der Waals surface area contributed by atoms with E-state index in [1.54, 1.807) is 0 Å². The van der Waals surface area contributed by atoms with Gasteiger partial charge in [-0.1, -0.05) is 85.6 Å². The highest BCUT2D eigenvalue weighted by Gasteiger charge is 2.11. The third-order valence-corrected chi connectivity index (χ3v) is 2.76. The molecule has 0 amide bonds. The molecule has 0 radical (unpaired) electrons. The number of rotatable bonds is 2. The van der Waals surface area contributed by atoms with Gasteiger partial charge in [0.2, 0.25) is 0 Å². The monoisotopic (exact) mass is 329 g/mol. The molecule has 2 rings (SSSR count). The van der Waals surface area contributed by atoms with Gasteiger partial charge in [-0.3, -0.25) is 9.59 Å². The molecule has 2 N–H and O–H groups in total. The predicted molar refractivity (Wildman–Crippen MR) is 103 cm³/mol. The van der Waals surface area contributed by atoms with Crippen LogP contribution >= 0.6 is 0 Å². The van der Waals surface area contributed by atoms with E-state index in [-0.39, 0.29) is 11.6 Å². The standard InChI is InChI=1S/2C7H8.C5H9NO2.C2H6/c2*1-7-5-3-2-4-6-7;1-3(7)5(6)4(2)8;1-2/h2*2-6H,1H3;5H,6H2,1-2H3;1-2H3. The lowest BCUT2D eigenvalue weighted by Crippen LogP contribution is -2.35. The molecule has 0 aliphatic carbocycles. The Bertz CT molecular complexity index is 499. The number of hydrogen-bond acceptors (Lipinski definition) is 3. The summed E-state index contributed by atoms with van der Waals surface area (Å²) < 4.78 is 0. The Morgan fingerprint density at radius 1 is 0.708 bits per heavy atom. The molecule has 0 spiro atoms. The van der Waals surface area contributed by atoms with E-state index in [2.05, 4.69) is 38.1 Å². The van der Waals surface area contributed by atoms with Crippen LogP contribution in [0.3, 0.4) is 0 Å². The molecule has 24 heavy (non-hydrogen) atoms. The van der Waals surface area contributed by atoms with Crippen molar-refractivity contribution in [1.82, 2.24) is 0 Å². The molecule has 0 atom stereocenters. The number of ketones is 2. The highest BCUT2D eigenvalue weighted by Crippen LogP contribution is 1.92. The first-order valence-electron chi connectivity index (χ1n) is 8.14. The van der Waals surface area contributed by atoms with Gasteiger partial charge in [-0.05, 0) is 27.7 Å². The van der Waals surface area contributed by atoms with Crippen molar-refractivity contribution in [2.75, 3.05) is 0 Å². The van der Waals surface area contributed by atoms with Crippen LogP contribution in [0.2, 0.25) is 0 Å². The van der Waals surface area contributed by atoms with Gasteiger partial charge >= 0.3 is 0 Å². The van der Waals surface area contributed by atoms with Crippen LogP contribution in [0.4, 0.5) is 0 Å². The average molecular weight is 329 g/mol. The maximum absolute atomic E-state index is 10.2. The molecule has 2 aromatic rings. The second-order valence-corrected chi connectivity index (χ2v) is 5.01. The van der Waals surface area contributed by atoms with Crippen molar-refractivity contribution in [1.29, 1.82) is 0 Å². The highest BCUT2D eigenvalue weighted by atomic mass is 16.2. The van der Waals surface area contributed by atoms with E-state index in [0.29, 0.717) is 0 Å². The van der Waals surface area contributed by atoms with Gasteiger partial charge in [0.15, 0.2) is 11.6 Å². The summed E-state index contributed by atoms with van der Waals surface area (Å²) in [6, 6.07) is 19.6. The largest absolute Gasteiger partial charge is 0.315 e. The zero-order valence-corrected chi connectivity index (χ0v) is 15.7. The van der Waals surface area contributed by atoms with E-state index < -0.39 is 6.04 Å². The van der Waals surface area contributed by atoms with Crippen LogP contribution in [0.25, 0.3) is 0 Å². The Morgan fingerprint density at radius 3 is 1.04 bits per heavy atom. The maximum atomic E-state index is 10.2. The summed E-state index contributed by atoms with van der Waals surface area (Å²) in [6.07, 6.45) is 0. The molecule has 3 heteroatoms. The van der Waals surface area contributed by atoms with Crippen molar-refractivity contribution in [3.63, 3.8) is 0 Å². The summed E-state index contributed by atoms with van der Waals surface area (Å²) in [5, 5.41) is 0. The summed E-state index contributed by atoms with van der Waals surface area (Å²) in [5.74, 6) is -0.560. The maximum Gasteiger partial charge on any atom is 0.154 e. The van der Waals surface area contributed by atoms with Gasteiger partial charge in [-0.25, -0.2) is 0 Å². The molecule has 0 aliphatic heterocycles. The first kappa shape index (κ1) is 24.0. The lowest BCUT2D eigenvalue weighted by Gasteiger charge is -1.98. The Kier molecular flexibility index (Phi) is 15.6. The number of carbonyl (C=O) groups is 2. The fourth-order valence-corrected chi connectivity index (χ4v) is 1.36. The highest BCUT2D eigenvalue weighted by molar-refractivity contribution is 6.03. The summed E-state index contributed by atoms with van der Waals surface area (Å²) >= 11 is 0. The first-order valence-corrected chi connectivity index (χ1v) is 8.14. The van der Waals surface area contributed by atoms with Crippen LogP contribution in [0.15, 0.2) is 60.7 Å². The normalized spacial score (nSPS) is 8.50. The lowest BCUT2D eigenvalue weighted by molar-refractivity contribution is -0.126. The SMILES string of the molecule is CC.CC(=O)C(N)C(C)=O.Cc1ccccc1.Cc1ccccc1. The second kappa shape index (κ2) is 15.6. The van der Waals surface area contributed by atoms with Gasteiger partial charge in [-0.2, -0.15) is 0 Å². The Balaban J connectivity index is 0. The Hall–Kier alpha value is -2.26. The molecule has 3 nitrogen and oxygen atoms in total. The fraction of sp³-hybridized carbons (Fsp3) is 0.333. The topological polar surface area (TPSA) is 60.2 Å². The molecule has 0 heterocycles. The number of Topliss-reactive ketones (excluding diaryl/α,β-unsaturated/α-hetero) is 2. The van der Waals surface area contributed by atoms with Gasteiger partial charge in [-0.15, -0.1) is 0 Å². The number of nitrogens with two attached hydrogens (primary N) is 1. The molecule has 132 valence electrons. The van der Waals surface area contributed by atoms with Crippen LogP contribution in [0, 0.1) is 13.8 Å². The summed E-state index contributed by atoms with van der Waals surface area (Å²) in [7, 11) is 0. The van der Waals surface area contributed by atoms with Crippen LogP contribution in [-0.2, 0) is 9.59 Å². The predicted octanol–water partition coefficient (Wildman–Crippen LogP) is 4.51. The zero-order valence-electron chi connectivity index (χ0n) is 15.7. The smallest absolute Gasteiger partial charge is 0.154 e. The summed E-state index contributed by atoms with van der Waals surface area (Å²) in [5.41, 5.74) is 7.70. The van der Waals surface area contributed by atoms with Crippen LogP contribution in [-0.4, -0.2) is 17.6 Å². The number of hydrogen-bond donors (Lipinski definition) is 1. The van der Waals surface area contributed by atoms with Crippen molar-refractivity contribution < 1.29 is 9.59 Å². The average Bonchev–Trinajstić information content (AvgIpc) is 2.58. The Morgan fingerprint density at radius 2 is 0.958 bits per heavy atom. The van der Waals surface area contributed by atoms with E-state index in [1.807, 2.05) is 50.2 Å². The van der Waals surface area contributed by atoms with Crippen molar-refractivity contribution in [3.8, 4) is 0 Å². The molecule has 2 aromatic carbocycles. The van der Waals surface area contributed by atoms with E-state index >= 15 is 0 Å². The molecule has 0 unspecified atom stereocenters. The van der Waals surface area contributed by atoms with Crippen molar-refractivity contribution >= 4 is 11.6 Å². The minimum Gasteiger partial charge on any atom is -0.315 e. The van der Waals surface area contributed by atoms with Crippen LogP contribution in [0.1, 0.15) is 38.8 Å². The van der Waals surface area contributed by atoms with E-state index in [1.165, 1.54) is 25.0 Å². The van der Waals surface area contributed by atoms with Crippen molar-refractivity contribution in [3.05, 3.63) is 71.8 Å². The van der Waals surface area contributed by atoms with Crippen LogP contribution in [0.5, 0.6) is 0 Å². The minimum absolute atomic E-state index is 0.280. The second-order valence-electron chi connectivity index (χ2n) is 5.01. The third-order valence-electron chi connectivity index (χ3n) is 2.76. The molecule has 0 fully saturated rings. The van der Waals surface area contributed by atoms with E-state index in [9.17, 15) is 9.59 Å².